The number of aromatic nitrogens is 2. The fourth-order valence-corrected chi connectivity index (χ4v) is 3.66. The normalized spacial score (nSPS) is 17.7. The van der Waals surface area contributed by atoms with Crippen LogP contribution in [0.2, 0.25) is 0 Å². The van der Waals surface area contributed by atoms with Gasteiger partial charge in [-0.25, -0.2) is 9.78 Å². The van der Waals surface area contributed by atoms with Gasteiger partial charge in [-0.3, -0.25) is 24.0 Å². The molecule has 1 aliphatic heterocycles. The summed E-state index contributed by atoms with van der Waals surface area (Å²) in [6, 6.07) is -5.12. The fourth-order valence-electron chi connectivity index (χ4n) is 3.66. The Morgan fingerprint density at radius 1 is 1.11 bits per heavy atom. The molecule has 0 bridgehead atoms. The van der Waals surface area contributed by atoms with Crippen LogP contribution in [0.1, 0.15) is 37.8 Å². The van der Waals surface area contributed by atoms with Crippen molar-refractivity contribution in [2.75, 3.05) is 6.54 Å². The highest BCUT2D eigenvalue weighted by Gasteiger charge is 2.38. The van der Waals surface area contributed by atoms with Crippen LogP contribution in [-0.2, 0) is 35.2 Å². The van der Waals surface area contributed by atoms with Crippen molar-refractivity contribution in [3.63, 3.8) is 0 Å². The van der Waals surface area contributed by atoms with Crippen molar-refractivity contribution in [2.24, 2.45) is 5.73 Å². The fraction of sp³-hybridized carbons (Fsp3) is 0.550. The Labute approximate surface area is 199 Å². The Morgan fingerprint density at radius 2 is 1.83 bits per heavy atom. The molecule has 35 heavy (non-hydrogen) atoms. The average Bonchev–Trinajstić information content (AvgIpc) is 3.47. The third kappa shape index (κ3) is 8.06. The summed E-state index contributed by atoms with van der Waals surface area (Å²) in [5.74, 6) is -6.33. The first-order valence-corrected chi connectivity index (χ1v) is 10.8. The molecule has 2 heterocycles. The Bertz CT molecular complexity index is 951. The SMILES string of the molecule is NC(CCC(=O)O)C(=O)N1CCCC1C(=O)NC(Cc1cnc[nH]1)C(=O)NC(CC(=O)O)C(=O)O. The minimum Gasteiger partial charge on any atom is -0.481 e. The van der Waals surface area contributed by atoms with Gasteiger partial charge in [0.2, 0.25) is 17.7 Å². The zero-order chi connectivity index (χ0) is 26.1. The number of aromatic amines is 1. The van der Waals surface area contributed by atoms with Crippen LogP contribution in [0.5, 0.6) is 0 Å². The predicted octanol–water partition coefficient (Wildman–Crippen LogP) is -2.34. The van der Waals surface area contributed by atoms with Gasteiger partial charge >= 0.3 is 17.9 Å². The van der Waals surface area contributed by atoms with Crippen LogP contribution in [0, 0.1) is 0 Å². The zero-order valence-electron chi connectivity index (χ0n) is 18.7. The van der Waals surface area contributed by atoms with Crippen LogP contribution in [-0.4, -0.2) is 96.5 Å². The molecule has 1 aliphatic rings. The van der Waals surface area contributed by atoms with Crippen molar-refractivity contribution < 1.29 is 44.1 Å². The van der Waals surface area contributed by atoms with E-state index in [0.717, 1.165) is 0 Å². The topological polar surface area (TPSA) is 245 Å². The van der Waals surface area contributed by atoms with Crippen LogP contribution in [0.15, 0.2) is 12.5 Å². The summed E-state index contributed by atoms with van der Waals surface area (Å²) in [5, 5.41) is 31.5. The van der Waals surface area contributed by atoms with Crippen LogP contribution >= 0.6 is 0 Å². The van der Waals surface area contributed by atoms with Gasteiger partial charge in [-0.1, -0.05) is 0 Å². The molecule has 1 fully saturated rings. The molecular formula is C20H28N6O9. The van der Waals surface area contributed by atoms with Crippen LogP contribution < -0.4 is 16.4 Å². The lowest BCUT2D eigenvalue weighted by Crippen LogP contribution is -2.57. The number of nitrogens with zero attached hydrogens (tertiary/aromatic N) is 2. The van der Waals surface area contributed by atoms with E-state index in [-0.39, 0.29) is 32.2 Å². The van der Waals surface area contributed by atoms with Crippen molar-refractivity contribution in [2.45, 2.75) is 62.7 Å². The second-order valence-electron chi connectivity index (χ2n) is 8.07. The smallest absolute Gasteiger partial charge is 0.326 e. The maximum absolute atomic E-state index is 13.0. The van der Waals surface area contributed by atoms with Gasteiger partial charge in [-0.05, 0) is 19.3 Å². The van der Waals surface area contributed by atoms with Gasteiger partial charge in [-0.2, -0.15) is 0 Å². The third-order valence-corrected chi connectivity index (χ3v) is 5.43. The van der Waals surface area contributed by atoms with Crippen molar-refractivity contribution >= 4 is 35.6 Å². The second kappa shape index (κ2) is 12.5. The number of carbonyl (C=O) groups is 6. The van der Waals surface area contributed by atoms with Gasteiger partial charge in [0, 0.05) is 31.3 Å². The molecular weight excluding hydrogens is 468 g/mol. The van der Waals surface area contributed by atoms with Crippen molar-refractivity contribution in [1.29, 1.82) is 0 Å². The summed E-state index contributed by atoms with van der Waals surface area (Å²) in [6.45, 7) is 0.217. The molecule has 15 heteroatoms. The molecule has 4 atom stereocenters. The van der Waals surface area contributed by atoms with Crippen molar-refractivity contribution in [3.8, 4) is 0 Å². The van der Waals surface area contributed by atoms with Gasteiger partial charge in [0.1, 0.15) is 18.1 Å². The number of nitrogens with one attached hydrogen (secondary N) is 3. The molecule has 1 saturated heterocycles. The maximum Gasteiger partial charge on any atom is 0.326 e. The van der Waals surface area contributed by atoms with Crippen molar-refractivity contribution in [1.82, 2.24) is 25.5 Å². The number of carbonyl (C=O) groups excluding carboxylic acids is 3. The first-order valence-electron chi connectivity index (χ1n) is 10.8. The van der Waals surface area contributed by atoms with E-state index in [4.69, 9.17) is 15.9 Å². The standard InChI is InChI=1S/C20H28N6O9/c21-11(3-4-15(27)28)19(33)26-5-1-2-14(26)18(32)24-12(6-10-8-22-9-23-10)17(31)25-13(20(34)35)7-16(29)30/h8-9,11-14H,1-7,21H2,(H,22,23)(H,24,32)(H,25,31)(H,27,28)(H,29,30)(H,34,35). The minimum atomic E-state index is -1.72. The molecule has 0 radical (unpaired) electrons. The van der Waals surface area contributed by atoms with Crippen LogP contribution in [0.4, 0.5) is 0 Å². The monoisotopic (exact) mass is 496 g/mol. The number of aliphatic carboxylic acids is 3. The van der Waals surface area contributed by atoms with Crippen molar-refractivity contribution in [3.05, 3.63) is 18.2 Å². The number of hydrogen-bond donors (Lipinski definition) is 7. The van der Waals surface area contributed by atoms with E-state index in [1.165, 1.54) is 17.4 Å². The summed E-state index contributed by atoms with van der Waals surface area (Å²) < 4.78 is 0. The first kappa shape index (κ1) is 27.2. The molecule has 1 aromatic heterocycles. The highest BCUT2D eigenvalue weighted by atomic mass is 16.4. The lowest BCUT2D eigenvalue weighted by Gasteiger charge is -2.28. The summed E-state index contributed by atoms with van der Waals surface area (Å²) in [6.07, 6.45) is 2.08. The van der Waals surface area contributed by atoms with Gasteiger partial charge in [0.15, 0.2) is 0 Å². The summed E-state index contributed by atoms with van der Waals surface area (Å²) in [7, 11) is 0. The summed E-state index contributed by atoms with van der Waals surface area (Å²) in [4.78, 5) is 79.4. The number of H-pyrrole nitrogens is 1. The van der Waals surface area contributed by atoms with E-state index < -0.39 is 66.2 Å². The molecule has 4 unspecified atom stereocenters. The Balaban J connectivity index is 2.14. The van der Waals surface area contributed by atoms with Gasteiger partial charge in [0.25, 0.3) is 0 Å². The van der Waals surface area contributed by atoms with E-state index in [9.17, 15) is 33.9 Å². The molecule has 3 amide bonds. The quantitative estimate of drug-likeness (QED) is 0.152. The molecule has 2 rings (SSSR count). The Hall–Kier alpha value is -4.01. The van der Waals surface area contributed by atoms with E-state index in [2.05, 4.69) is 20.6 Å². The second-order valence-corrected chi connectivity index (χ2v) is 8.07. The zero-order valence-corrected chi connectivity index (χ0v) is 18.7. The lowest BCUT2D eigenvalue weighted by molar-refractivity contribution is -0.147. The molecule has 15 nitrogen and oxygen atoms in total. The molecule has 0 spiro atoms. The highest BCUT2D eigenvalue weighted by Crippen LogP contribution is 2.19. The predicted molar refractivity (Wildman–Crippen MR) is 116 cm³/mol. The average molecular weight is 496 g/mol. The lowest BCUT2D eigenvalue weighted by atomic mass is 10.1. The van der Waals surface area contributed by atoms with Crippen LogP contribution in [0.3, 0.4) is 0 Å². The van der Waals surface area contributed by atoms with E-state index in [1.54, 1.807) is 0 Å². The molecule has 0 aromatic carbocycles. The van der Waals surface area contributed by atoms with E-state index in [1.807, 2.05) is 0 Å². The Kier molecular flexibility index (Phi) is 9.69. The van der Waals surface area contributed by atoms with Crippen LogP contribution in [0.25, 0.3) is 0 Å². The molecule has 8 N–H and O–H groups in total. The summed E-state index contributed by atoms with van der Waals surface area (Å²) >= 11 is 0. The number of likely N-dealkylation sites (tertiary alicyclic amines) is 1. The molecule has 0 saturated carbocycles. The maximum atomic E-state index is 13.0. The van der Waals surface area contributed by atoms with Gasteiger partial charge < -0.3 is 41.6 Å². The highest BCUT2D eigenvalue weighted by molar-refractivity contribution is 5.95. The molecule has 0 aliphatic carbocycles. The number of imidazole rings is 1. The number of rotatable bonds is 13. The number of carboxylic acids is 3. The third-order valence-electron chi connectivity index (χ3n) is 5.43. The summed E-state index contributed by atoms with van der Waals surface area (Å²) in [5.41, 5.74) is 6.24. The number of nitrogens with two attached hydrogens (primary N) is 1. The Morgan fingerprint density at radius 3 is 2.40 bits per heavy atom. The molecule has 192 valence electrons. The number of amides is 3. The number of carboxylic acid groups (broad SMARTS) is 3. The van der Waals surface area contributed by atoms with E-state index >= 15 is 0 Å². The van der Waals surface area contributed by atoms with E-state index in [0.29, 0.717) is 12.1 Å². The number of hydrogen-bond acceptors (Lipinski definition) is 8. The minimum absolute atomic E-state index is 0.107. The van der Waals surface area contributed by atoms with Gasteiger partial charge in [-0.15, -0.1) is 0 Å². The first-order chi connectivity index (χ1) is 16.5. The molecule has 1 aromatic rings. The van der Waals surface area contributed by atoms with Gasteiger partial charge in [0.05, 0.1) is 18.8 Å². The largest absolute Gasteiger partial charge is 0.481 e.